The summed E-state index contributed by atoms with van der Waals surface area (Å²) < 4.78 is 0. The second kappa shape index (κ2) is 6.65. The molecule has 0 aliphatic carbocycles. The maximum Gasteiger partial charge on any atom is 0.253 e. The summed E-state index contributed by atoms with van der Waals surface area (Å²) >= 11 is 0. The summed E-state index contributed by atoms with van der Waals surface area (Å²) in [5.74, 6) is -0.212. The van der Waals surface area contributed by atoms with Crippen molar-refractivity contribution in [1.82, 2.24) is 9.88 Å². The molecule has 0 fully saturated rings. The Morgan fingerprint density at radius 2 is 1.90 bits per heavy atom. The number of nitrogens with zero attached hydrogens (tertiary/aromatic N) is 2. The predicted molar refractivity (Wildman–Crippen MR) is 80.8 cm³/mol. The van der Waals surface area contributed by atoms with Crippen molar-refractivity contribution in [3.8, 4) is 0 Å². The molecule has 2 rings (SSSR count). The molecule has 0 aliphatic rings. The maximum absolute atomic E-state index is 12.3. The van der Waals surface area contributed by atoms with Crippen LogP contribution in [0.5, 0.6) is 0 Å². The summed E-state index contributed by atoms with van der Waals surface area (Å²) in [4.78, 5) is 28.9. The van der Waals surface area contributed by atoms with E-state index in [4.69, 9.17) is 0 Å². The van der Waals surface area contributed by atoms with Crippen molar-refractivity contribution in [3.05, 3.63) is 59.9 Å². The number of aromatic nitrogens is 1. The van der Waals surface area contributed by atoms with Crippen molar-refractivity contribution in [1.29, 1.82) is 0 Å². The van der Waals surface area contributed by atoms with Gasteiger partial charge < -0.3 is 10.2 Å². The van der Waals surface area contributed by atoms with Crippen LogP contribution in [-0.4, -0.2) is 28.7 Å². The summed E-state index contributed by atoms with van der Waals surface area (Å²) in [6.45, 7) is 1.95. The number of carbonyl (C=O) groups excluding carboxylic acids is 2. The second-order valence-electron chi connectivity index (χ2n) is 4.78. The SMILES string of the molecule is CC(=O)Nc1ccc(C(=O)N(C)Cc2cccnc2)cc1. The Morgan fingerprint density at radius 3 is 2.48 bits per heavy atom. The molecule has 0 saturated heterocycles. The van der Waals surface area contributed by atoms with Crippen molar-refractivity contribution >= 4 is 17.5 Å². The number of amides is 2. The molecule has 5 nitrogen and oxygen atoms in total. The highest BCUT2D eigenvalue weighted by Crippen LogP contribution is 2.12. The number of carbonyl (C=O) groups is 2. The lowest BCUT2D eigenvalue weighted by Crippen LogP contribution is -2.26. The third-order valence-corrected chi connectivity index (χ3v) is 2.94. The molecule has 2 aromatic rings. The van der Waals surface area contributed by atoms with Crippen LogP contribution in [0.25, 0.3) is 0 Å². The number of hydrogen-bond donors (Lipinski definition) is 1. The van der Waals surface area contributed by atoms with E-state index in [0.29, 0.717) is 17.8 Å². The average Bonchev–Trinajstić information content (AvgIpc) is 2.47. The largest absolute Gasteiger partial charge is 0.337 e. The Bertz CT molecular complexity index is 624. The lowest BCUT2D eigenvalue weighted by atomic mass is 10.1. The first kappa shape index (κ1) is 14.7. The van der Waals surface area contributed by atoms with Gasteiger partial charge in [0.25, 0.3) is 5.91 Å². The minimum Gasteiger partial charge on any atom is -0.337 e. The van der Waals surface area contributed by atoms with E-state index in [2.05, 4.69) is 10.3 Å². The molecule has 1 heterocycles. The van der Waals surface area contributed by atoms with Crippen molar-refractivity contribution in [3.63, 3.8) is 0 Å². The molecule has 0 unspecified atom stereocenters. The number of rotatable bonds is 4. The van der Waals surface area contributed by atoms with E-state index in [9.17, 15) is 9.59 Å². The Labute approximate surface area is 123 Å². The normalized spacial score (nSPS) is 10.0. The Hall–Kier alpha value is -2.69. The number of nitrogens with one attached hydrogen (secondary N) is 1. The smallest absolute Gasteiger partial charge is 0.253 e. The van der Waals surface area contributed by atoms with Gasteiger partial charge in [-0.05, 0) is 35.9 Å². The molecule has 1 aromatic heterocycles. The van der Waals surface area contributed by atoms with Gasteiger partial charge in [0.15, 0.2) is 0 Å². The topological polar surface area (TPSA) is 62.3 Å². The third-order valence-electron chi connectivity index (χ3n) is 2.94. The molecule has 1 aromatic carbocycles. The zero-order valence-electron chi connectivity index (χ0n) is 12.0. The zero-order valence-corrected chi connectivity index (χ0v) is 12.0. The standard InChI is InChI=1S/C16H17N3O2/c1-12(20)18-15-7-5-14(6-8-15)16(21)19(2)11-13-4-3-9-17-10-13/h3-10H,11H2,1-2H3,(H,18,20). The van der Waals surface area contributed by atoms with Gasteiger partial charge in [-0.3, -0.25) is 14.6 Å². The highest BCUT2D eigenvalue weighted by atomic mass is 16.2. The van der Waals surface area contributed by atoms with Gasteiger partial charge in [0.1, 0.15) is 0 Å². The first-order chi connectivity index (χ1) is 10.1. The number of benzene rings is 1. The first-order valence-corrected chi connectivity index (χ1v) is 6.58. The highest BCUT2D eigenvalue weighted by molar-refractivity contribution is 5.95. The number of pyridine rings is 1. The fourth-order valence-corrected chi connectivity index (χ4v) is 1.96. The van der Waals surface area contributed by atoms with E-state index < -0.39 is 0 Å². The van der Waals surface area contributed by atoms with Crippen LogP contribution in [0.4, 0.5) is 5.69 Å². The van der Waals surface area contributed by atoms with Crippen molar-refractivity contribution in [2.45, 2.75) is 13.5 Å². The van der Waals surface area contributed by atoms with Crippen molar-refractivity contribution in [2.75, 3.05) is 12.4 Å². The van der Waals surface area contributed by atoms with Gasteiger partial charge in [0.2, 0.25) is 5.91 Å². The van der Waals surface area contributed by atoms with Crippen LogP contribution >= 0.6 is 0 Å². The predicted octanol–water partition coefficient (Wildman–Crippen LogP) is 2.31. The van der Waals surface area contributed by atoms with Gasteiger partial charge in [-0.25, -0.2) is 0 Å². The van der Waals surface area contributed by atoms with E-state index in [1.54, 1.807) is 48.6 Å². The summed E-state index contributed by atoms with van der Waals surface area (Å²) in [7, 11) is 1.75. The molecular weight excluding hydrogens is 266 g/mol. The molecule has 108 valence electrons. The molecule has 0 bridgehead atoms. The van der Waals surface area contributed by atoms with E-state index in [-0.39, 0.29) is 11.8 Å². The molecule has 21 heavy (non-hydrogen) atoms. The quantitative estimate of drug-likeness (QED) is 0.936. The summed E-state index contributed by atoms with van der Waals surface area (Å²) in [5, 5.41) is 2.67. The van der Waals surface area contributed by atoms with Crippen LogP contribution in [-0.2, 0) is 11.3 Å². The van der Waals surface area contributed by atoms with Gasteiger partial charge in [0.05, 0.1) is 0 Å². The van der Waals surface area contributed by atoms with Crippen LogP contribution in [0.3, 0.4) is 0 Å². The fourth-order valence-electron chi connectivity index (χ4n) is 1.96. The molecule has 1 N–H and O–H groups in total. The van der Waals surface area contributed by atoms with Gasteiger partial charge in [-0.1, -0.05) is 6.07 Å². The molecule has 2 amide bonds. The molecule has 0 aliphatic heterocycles. The summed E-state index contributed by atoms with van der Waals surface area (Å²) in [5.41, 5.74) is 2.23. The lowest BCUT2D eigenvalue weighted by molar-refractivity contribution is -0.114. The number of anilines is 1. The first-order valence-electron chi connectivity index (χ1n) is 6.58. The minimum atomic E-state index is -0.136. The molecule has 0 saturated carbocycles. The van der Waals surface area contributed by atoms with Gasteiger partial charge >= 0.3 is 0 Å². The van der Waals surface area contributed by atoms with E-state index in [1.807, 2.05) is 12.1 Å². The van der Waals surface area contributed by atoms with Crippen LogP contribution < -0.4 is 5.32 Å². The molecule has 0 atom stereocenters. The van der Waals surface area contributed by atoms with Crippen LogP contribution in [0, 0.1) is 0 Å². The molecular formula is C16H17N3O2. The maximum atomic E-state index is 12.3. The van der Waals surface area contributed by atoms with Crippen molar-refractivity contribution < 1.29 is 9.59 Å². The van der Waals surface area contributed by atoms with Gasteiger partial charge in [-0.2, -0.15) is 0 Å². The lowest BCUT2D eigenvalue weighted by Gasteiger charge is -2.17. The summed E-state index contributed by atoms with van der Waals surface area (Å²) in [6.07, 6.45) is 3.44. The Kier molecular flexibility index (Phi) is 4.66. The summed E-state index contributed by atoms with van der Waals surface area (Å²) in [6, 6.07) is 10.6. The molecule has 0 radical (unpaired) electrons. The minimum absolute atomic E-state index is 0.0757. The Morgan fingerprint density at radius 1 is 1.19 bits per heavy atom. The highest BCUT2D eigenvalue weighted by Gasteiger charge is 2.12. The molecule has 5 heteroatoms. The Balaban J connectivity index is 2.03. The van der Waals surface area contributed by atoms with Crippen LogP contribution in [0.15, 0.2) is 48.8 Å². The monoisotopic (exact) mass is 283 g/mol. The van der Waals surface area contributed by atoms with E-state index >= 15 is 0 Å². The average molecular weight is 283 g/mol. The van der Waals surface area contributed by atoms with Crippen LogP contribution in [0.1, 0.15) is 22.8 Å². The fraction of sp³-hybridized carbons (Fsp3) is 0.188. The second-order valence-corrected chi connectivity index (χ2v) is 4.78. The van der Waals surface area contributed by atoms with Gasteiger partial charge in [0, 0.05) is 44.2 Å². The van der Waals surface area contributed by atoms with Crippen molar-refractivity contribution in [2.24, 2.45) is 0 Å². The van der Waals surface area contributed by atoms with Gasteiger partial charge in [-0.15, -0.1) is 0 Å². The zero-order chi connectivity index (χ0) is 15.2. The third kappa shape index (κ3) is 4.14. The molecule has 0 spiro atoms. The van der Waals surface area contributed by atoms with E-state index in [0.717, 1.165) is 5.56 Å². The number of hydrogen-bond acceptors (Lipinski definition) is 3. The van der Waals surface area contributed by atoms with Crippen LogP contribution in [0.2, 0.25) is 0 Å². The van der Waals surface area contributed by atoms with E-state index in [1.165, 1.54) is 6.92 Å².